The number of ether oxygens (including phenoxy) is 1. The van der Waals surface area contributed by atoms with Crippen LogP contribution in [0.5, 0.6) is 0 Å². The molecule has 2 aliphatic rings. The summed E-state index contributed by atoms with van der Waals surface area (Å²) in [4.78, 5) is 27.8. The van der Waals surface area contributed by atoms with E-state index in [-0.39, 0.29) is 17.9 Å². The average Bonchev–Trinajstić information content (AvgIpc) is 3.58. The molecule has 1 aliphatic heterocycles. The molecule has 8 nitrogen and oxygen atoms in total. The predicted octanol–water partition coefficient (Wildman–Crippen LogP) is 4.57. The number of amides is 2. The largest absolute Gasteiger partial charge is 0.444 e. The molecule has 2 bridgehead atoms. The molecule has 36 heavy (non-hydrogen) atoms. The van der Waals surface area contributed by atoms with E-state index in [1.165, 1.54) is 0 Å². The normalized spacial score (nSPS) is 21.8. The summed E-state index contributed by atoms with van der Waals surface area (Å²) in [7, 11) is 0. The zero-order valence-electron chi connectivity index (χ0n) is 20.8. The summed E-state index contributed by atoms with van der Waals surface area (Å²) < 4.78 is 5.58. The van der Waals surface area contributed by atoms with E-state index >= 15 is 0 Å². The van der Waals surface area contributed by atoms with Gasteiger partial charge in [-0.1, -0.05) is 36.4 Å². The second-order valence-electron chi connectivity index (χ2n) is 10.8. The zero-order valence-corrected chi connectivity index (χ0v) is 20.8. The van der Waals surface area contributed by atoms with Crippen LogP contribution in [0.1, 0.15) is 45.6 Å². The van der Waals surface area contributed by atoms with Crippen LogP contribution in [0.3, 0.4) is 0 Å². The number of H-pyrrole nitrogens is 1. The number of carbonyl (C=O) groups excluding carboxylic acids is 2. The van der Waals surface area contributed by atoms with Crippen molar-refractivity contribution in [1.29, 1.82) is 5.26 Å². The fourth-order valence-electron chi connectivity index (χ4n) is 5.47. The molecule has 1 aliphatic carbocycles. The summed E-state index contributed by atoms with van der Waals surface area (Å²) in [6, 6.07) is 15.1. The van der Waals surface area contributed by atoms with E-state index in [1.807, 2.05) is 51.1 Å². The third-order valence-corrected chi connectivity index (χ3v) is 7.10. The molecule has 1 saturated carbocycles. The number of hydrogen-bond donors (Lipinski definition) is 2. The minimum Gasteiger partial charge on any atom is -0.444 e. The van der Waals surface area contributed by atoms with Crippen LogP contribution in [0.2, 0.25) is 0 Å². The van der Waals surface area contributed by atoms with Gasteiger partial charge in [0.25, 0.3) is 0 Å². The van der Waals surface area contributed by atoms with Gasteiger partial charge in [-0.2, -0.15) is 10.4 Å². The number of nitrogens with one attached hydrogen (secondary N) is 2. The number of nitriles is 1. The average molecular weight is 486 g/mol. The Morgan fingerprint density at radius 2 is 1.94 bits per heavy atom. The molecule has 1 saturated heterocycles. The Hall–Kier alpha value is -3.86. The molecular formula is C28H31N5O3. The van der Waals surface area contributed by atoms with Crippen molar-refractivity contribution < 1.29 is 14.3 Å². The smallest absolute Gasteiger partial charge is 0.411 e. The summed E-state index contributed by atoms with van der Waals surface area (Å²) in [5, 5.41) is 20.8. The molecule has 5 rings (SSSR count). The highest BCUT2D eigenvalue weighted by Crippen LogP contribution is 2.43. The predicted molar refractivity (Wildman–Crippen MR) is 136 cm³/mol. The molecule has 3 aromatic rings. The number of benzene rings is 2. The van der Waals surface area contributed by atoms with E-state index in [4.69, 9.17) is 4.74 Å². The van der Waals surface area contributed by atoms with Crippen LogP contribution >= 0.6 is 0 Å². The molecule has 4 atom stereocenters. The fraction of sp³-hybridized carbons (Fsp3) is 0.429. The van der Waals surface area contributed by atoms with Crippen molar-refractivity contribution in [3.8, 4) is 17.2 Å². The van der Waals surface area contributed by atoms with Gasteiger partial charge in [-0.05, 0) is 68.7 Å². The van der Waals surface area contributed by atoms with Crippen LogP contribution in [0.15, 0.2) is 48.7 Å². The first-order valence-corrected chi connectivity index (χ1v) is 12.5. The summed E-state index contributed by atoms with van der Waals surface area (Å²) in [5.41, 5.74) is 3.42. The number of aromatic nitrogens is 2. The molecule has 186 valence electrons. The van der Waals surface area contributed by atoms with E-state index in [1.54, 1.807) is 11.1 Å². The second-order valence-corrected chi connectivity index (χ2v) is 10.8. The lowest BCUT2D eigenvalue weighted by molar-refractivity contribution is -0.128. The Bertz CT molecular complexity index is 1320. The Labute approximate surface area is 210 Å². The van der Waals surface area contributed by atoms with Crippen molar-refractivity contribution in [3.05, 3.63) is 54.2 Å². The summed E-state index contributed by atoms with van der Waals surface area (Å²) in [5.74, 6) is -0.169. The summed E-state index contributed by atoms with van der Waals surface area (Å²) in [6.07, 6.45) is 4.32. The highest BCUT2D eigenvalue weighted by Gasteiger charge is 2.52. The van der Waals surface area contributed by atoms with Gasteiger partial charge in [-0.3, -0.25) is 14.8 Å². The maximum Gasteiger partial charge on any atom is 0.411 e. The highest BCUT2D eigenvalue weighted by molar-refractivity contribution is 5.88. The van der Waals surface area contributed by atoms with Gasteiger partial charge >= 0.3 is 6.09 Å². The highest BCUT2D eigenvalue weighted by atomic mass is 16.6. The Morgan fingerprint density at radius 1 is 1.19 bits per heavy atom. The Balaban J connectivity index is 1.25. The van der Waals surface area contributed by atoms with E-state index in [9.17, 15) is 14.9 Å². The lowest BCUT2D eigenvalue weighted by atomic mass is 9.97. The first-order valence-electron chi connectivity index (χ1n) is 12.5. The number of carbonyl (C=O) groups is 2. The maximum absolute atomic E-state index is 13.3. The first-order chi connectivity index (χ1) is 17.2. The second kappa shape index (κ2) is 9.30. The third-order valence-electron chi connectivity index (χ3n) is 7.10. The number of hydrogen-bond acceptors (Lipinski definition) is 5. The molecule has 2 aromatic carbocycles. The van der Waals surface area contributed by atoms with Crippen molar-refractivity contribution in [3.63, 3.8) is 0 Å². The molecule has 2 heterocycles. The lowest BCUT2D eigenvalue weighted by Crippen LogP contribution is -2.55. The number of likely N-dealkylation sites (tertiary alicyclic amines) is 1. The Kier molecular flexibility index (Phi) is 6.17. The number of fused-ring (bicyclic) bond motifs is 3. The number of rotatable bonds is 5. The van der Waals surface area contributed by atoms with Gasteiger partial charge in [0.2, 0.25) is 5.91 Å². The van der Waals surface area contributed by atoms with Crippen LogP contribution < -0.4 is 5.32 Å². The van der Waals surface area contributed by atoms with Crippen LogP contribution in [0.25, 0.3) is 22.0 Å². The molecule has 0 spiro atoms. The standard InChI is InChI=1S/C28H31N5O3/c1-28(2,3)36-27(35)33-23-11-10-20(13-23)25(33)26(34)31-22(15-29)12-17-4-6-18(7-5-17)19-8-9-21-16-30-32-24(21)14-19/h4-9,14,16,20,22-23,25H,10-13H2,1-3H3,(H,30,32)(H,31,34). The van der Waals surface area contributed by atoms with Gasteiger partial charge in [-0.15, -0.1) is 0 Å². The fourth-order valence-corrected chi connectivity index (χ4v) is 5.47. The lowest BCUT2D eigenvalue weighted by Gasteiger charge is -2.35. The first kappa shape index (κ1) is 23.9. The van der Waals surface area contributed by atoms with Crippen molar-refractivity contribution >= 4 is 22.9 Å². The molecule has 2 fully saturated rings. The van der Waals surface area contributed by atoms with Gasteiger partial charge in [0, 0.05) is 17.8 Å². The molecule has 4 unspecified atom stereocenters. The van der Waals surface area contributed by atoms with E-state index in [2.05, 4.69) is 33.7 Å². The van der Waals surface area contributed by atoms with Crippen molar-refractivity contribution in [2.24, 2.45) is 5.92 Å². The molecule has 2 amide bonds. The Morgan fingerprint density at radius 3 is 2.67 bits per heavy atom. The van der Waals surface area contributed by atoms with Crippen LogP contribution in [0, 0.1) is 17.2 Å². The number of piperidine rings is 1. The maximum atomic E-state index is 13.3. The third kappa shape index (κ3) is 4.78. The number of nitrogens with zero attached hydrogens (tertiary/aromatic N) is 3. The molecule has 0 radical (unpaired) electrons. The van der Waals surface area contributed by atoms with E-state index < -0.39 is 23.8 Å². The quantitative estimate of drug-likeness (QED) is 0.550. The monoisotopic (exact) mass is 485 g/mol. The van der Waals surface area contributed by atoms with Gasteiger partial charge in [-0.25, -0.2) is 4.79 Å². The van der Waals surface area contributed by atoms with Crippen LogP contribution in [0.4, 0.5) is 4.79 Å². The van der Waals surface area contributed by atoms with Gasteiger partial charge in [0.15, 0.2) is 0 Å². The number of aromatic amines is 1. The zero-order chi connectivity index (χ0) is 25.4. The molecule has 8 heteroatoms. The topological polar surface area (TPSA) is 111 Å². The molecule has 1 aromatic heterocycles. The van der Waals surface area contributed by atoms with Crippen molar-refractivity contribution in [2.75, 3.05) is 0 Å². The minimum absolute atomic E-state index is 0.0228. The van der Waals surface area contributed by atoms with Crippen LogP contribution in [-0.4, -0.2) is 50.8 Å². The summed E-state index contributed by atoms with van der Waals surface area (Å²) >= 11 is 0. The van der Waals surface area contributed by atoms with Gasteiger partial charge < -0.3 is 10.1 Å². The minimum atomic E-state index is -0.690. The van der Waals surface area contributed by atoms with E-state index in [0.717, 1.165) is 46.9 Å². The summed E-state index contributed by atoms with van der Waals surface area (Å²) in [6.45, 7) is 5.46. The molecule has 2 N–H and O–H groups in total. The van der Waals surface area contributed by atoms with Gasteiger partial charge in [0.1, 0.15) is 17.7 Å². The SMILES string of the molecule is CC(C)(C)OC(=O)N1C2CCC(C2)C1C(=O)NC(C#N)Cc1ccc(-c2ccc3cn[nH]c3c2)cc1. The van der Waals surface area contributed by atoms with Crippen LogP contribution in [-0.2, 0) is 16.0 Å². The molecular weight excluding hydrogens is 454 g/mol. The van der Waals surface area contributed by atoms with Crippen molar-refractivity contribution in [2.45, 2.75) is 70.2 Å². The van der Waals surface area contributed by atoms with Crippen molar-refractivity contribution in [1.82, 2.24) is 20.4 Å². The van der Waals surface area contributed by atoms with E-state index in [0.29, 0.717) is 6.42 Å². The van der Waals surface area contributed by atoms with Gasteiger partial charge in [0.05, 0.1) is 17.8 Å².